The number of amides is 2. The number of piperidine rings is 1. The lowest BCUT2D eigenvalue weighted by Crippen LogP contribution is -2.46. The Labute approximate surface area is 146 Å². The van der Waals surface area contributed by atoms with E-state index in [4.69, 9.17) is 5.73 Å². The van der Waals surface area contributed by atoms with Crippen LogP contribution in [-0.2, 0) is 9.59 Å². The van der Waals surface area contributed by atoms with Crippen molar-refractivity contribution in [3.05, 3.63) is 35.4 Å². The molecule has 0 radical (unpaired) electrons. The normalized spacial score (nSPS) is 20.0. The number of carbonyl (C=O) groups excluding carboxylic acids is 2. The van der Waals surface area contributed by atoms with Gasteiger partial charge in [-0.15, -0.1) is 0 Å². The van der Waals surface area contributed by atoms with E-state index in [1.165, 1.54) is 13.0 Å². The Balaban J connectivity index is 2.17. The summed E-state index contributed by atoms with van der Waals surface area (Å²) in [5.41, 5.74) is 5.65. The number of rotatable bonds is 5. The van der Waals surface area contributed by atoms with Gasteiger partial charge < -0.3 is 16.0 Å². The molecule has 0 bridgehead atoms. The highest BCUT2D eigenvalue weighted by Crippen LogP contribution is 2.26. The van der Waals surface area contributed by atoms with Gasteiger partial charge in [-0.3, -0.25) is 9.59 Å². The van der Waals surface area contributed by atoms with Gasteiger partial charge in [0.05, 0.1) is 12.5 Å². The van der Waals surface area contributed by atoms with E-state index in [9.17, 15) is 18.4 Å². The van der Waals surface area contributed by atoms with Crippen molar-refractivity contribution < 1.29 is 18.4 Å². The highest BCUT2D eigenvalue weighted by Gasteiger charge is 2.29. The molecule has 1 aliphatic heterocycles. The molecule has 3 unspecified atom stereocenters. The first kappa shape index (κ1) is 19.3. The first-order valence-corrected chi connectivity index (χ1v) is 8.54. The smallest absolute Gasteiger partial charge is 0.225 e. The van der Waals surface area contributed by atoms with Crippen molar-refractivity contribution >= 4 is 11.8 Å². The third kappa shape index (κ3) is 4.98. The van der Waals surface area contributed by atoms with Gasteiger partial charge in [-0.2, -0.15) is 0 Å². The summed E-state index contributed by atoms with van der Waals surface area (Å²) in [4.78, 5) is 25.8. The number of nitrogens with two attached hydrogens (primary N) is 1. The van der Waals surface area contributed by atoms with E-state index in [0.29, 0.717) is 13.1 Å². The van der Waals surface area contributed by atoms with Crippen LogP contribution in [0.4, 0.5) is 8.78 Å². The minimum atomic E-state index is -1.04. The topological polar surface area (TPSA) is 75.4 Å². The summed E-state index contributed by atoms with van der Waals surface area (Å²) in [5.74, 6) is -2.04. The van der Waals surface area contributed by atoms with Crippen molar-refractivity contribution in [2.24, 2.45) is 11.7 Å². The largest absolute Gasteiger partial charge is 0.349 e. The van der Waals surface area contributed by atoms with Gasteiger partial charge in [-0.25, -0.2) is 8.78 Å². The minimum absolute atomic E-state index is 0.0225. The molecule has 25 heavy (non-hydrogen) atoms. The van der Waals surface area contributed by atoms with Gasteiger partial charge in [0.1, 0.15) is 11.6 Å². The fourth-order valence-corrected chi connectivity index (χ4v) is 3.28. The molecule has 3 N–H and O–H groups in total. The Morgan fingerprint density at radius 1 is 1.36 bits per heavy atom. The lowest BCUT2D eigenvalue weighted by molar-refractivity contribution is -0.134. The van der Waals surface area contributed by atoms with Gasteiger partial charge in [-0.1, -0.05) is 6.07 Å². The Kier molecular flexibility index (Phi) is 6.47. The molecule has 1 heterocycles. The number of likely N-dealkylation sites (tertiary alicyclic amines) is 1. The quantitative estimate of drug-likeness (QED) is 0.851. The number of benzene rings is 1. The summed E-state index contributed by atoms with van der Waals surface area (Å²) in [6, 6.07) is 2.42. The van der Waals surface area contributed by atoms with Crippen molar-refractivity contribution in [3.8, 4) is 0 Å². The number of nitrogens with one attached hydrogen (secondary N) is 1. The maximum absolute atomic E-state index is 14.1. The zero-order valence-electron chi connectivity index (χ0n) is 14.6. The molecule has 1 aromatic carbocycles. The van der Waals surface area contributed by atoms with Gasteiger partial charge in [0, 0.05) is 31.6 Å². The number of halogens is 2. The lowest BCUT2D eigenvalue weighted by Gasteiger charge is -2.35. The van der Waals surface area contributed by atoms with Crippen molar-refractivity contribution in [1.29, 1.82) is 0 Å². The van der Waals surface area contributed by atoms with Crippen LogP contribution in [0.5, 0.6) is 0 Å². The van der Waals surface area contributed by atoms with Crippen LogP contribution < -0.4 is 11.1 Å². The molecule has 1 aromatic rings. The molecule has 2 rings (SSSR count). The second-order valence-electron chi connectivity index (χ2n) is 6.69. The number of nitrogens with zero attached hydrogens (tertiary/aromatic N) is 1. The third-order valence-electron chi connectivity index (χ3n) is 4.66. The van der Waals surface area contributed by atoms with Crippen LogP contribution in [0.25, 0.3) is 0 Å². The Morgan fingerprint density at radius 3 is 2.56 bits per heavy atom. The zero-order valence-corrected chi connectivity index (χ0v) is 14.6. The lowest BCUT2D eigenvalue weighted by atomic mass is 9.91. The van der Waals surface area contributed by atoms with E-state index >= 15 is 0 Å². The van der Waals surface area contributed by atoms with Crippen LogP contribution in [0, 0.1) is 17.6 Å². The van der Waals surface area contributed by atoms with Gasteiger partial charge in [0.15, 0.2) is 0 Å². The second kappa shape index (κ2) is 8.38. The molecule has 0 aliphatic carbocycles. The summed E-state index contributed by atoms with van der Waals surface area (Å²) in [6.07, 6.45) is 1.61. The molecule has 7 heteroatoms. The highest BCUT2D eigenvalue weighted by molar-refractivity contribution is 5.79. The summed E-state index contributed by atoms with van der Waals surface area (Å²) < 4.78 is 28.2. The Morgan fingerprint density at radius 2 is 2.00 bits per heavy atom. The van der Waals surface area contributed by atoms with Gasteiger partial charge in [-0.05, 0) is 37.8 Å². The van der Waals surface area contributed by atoms with Crippen molar-refractivity contribution in [3.63, 3.8) is 0 Å². The van der Waals surface area contributed by atoms with Gasteiger partial charge in [0.25, 0.3) is 0 Å². The Bertz CT molecular complexity index is 616. The van der Waals surface area contributed by atoms with Crippen LogP contribution in [0.15, 0.2) is 18.2 Å². The third-order valence-corrected chi connectivity index (χ3v) is 4.66. The molecule has 5 nitrogen and oxygen atoms in total. The first-order valence-electron chi connectivity index (χ1n) is 8.54. The van der Waals surface area contributed by atoms with Crippen LogP contribution >= 0.6 is 0 Å². The van der Waals surface area contributed by atoms with Gasteiger partial charge in [0.2, 0.25) is 11.8 Å². The maximum atomic E-state index is 14.1. The minimum Gasteiger partial charge on any atom is -0.349 e. The first-order chi connectivity index (χ1) is 11.8. The van der Waals surface area contributed by atoms with Crippen molar-refractivity contribution in [2.75, 3.05) is 13.1 Å². The predicted octanol–water partition coefficient (Wildman–Crippen LogP) is 2.12. The molecule has 3 atom stereocenters. The fraction of sp³-hybridized carbons (Fsp3) is 0.556. The zero-order chi connectivity index (χ0) is 18.6. The molecule has 1 aliphatic rings. The van der Waals surface area contributed by atoms with E-state index in [-0.39, 0.29) is 29.9 Å². The number of hydrogen-bond acceptors (Lipinski definition) is 3. The maximum Gasteiger partial charge on any atom is 0.225 e. The molecule has 1 fully saturated rings. The number of carbonyl (C=O) groups is 2. The molecule has 1 saturated heterocycles. The average Bonchev–Trinajstić information content (AvgIpc) is 2.54. The highest BCUT2D eigenvalue weighted by atomic mass is 19.1. The summed E-state index contributed by atoms with van der Waals surface area (Å²) in [6.45, 7) is 4.29. The van der Waals surface area contributed by atoms with Crippen LogP contribution in [0.3, 0.4) is 0 Å². The van der Waals surface area contributed by atoms with Crippen molar-refractivity contribution in [1.82, 2.24) is 10.2 Å². The molecule has 0 saturated carbocycles. The monoisotopic (exact) mass is 353 g/mol. The van der Waals surface area contributed by atoms with E-state index in [1.54, 1.807) is 4.90 Å². The average molecular weight is 353 g/mol. The van der Waals surface area contributed by atoms with Crippen LogP contribution in [0.2, 0.25) is 0 Å². The van der Waals surface area contributed by atoms with E-state index in [0.717, 1.165) is 25.0 Å². The van der Waals surface area contributed by atoms with Gasteiger partial charge >= 0.3 is 0 Å². The molecule has 0 aromatic heterocycles. The van der Waals surface area contributed by atoms with Crippen molar-refractivity contribution in [2.45, 2.75) is 45.2 Å². The van der Waals surface area contributed by atoms with Crippen LogP contribution in [0.1, 0.15) is 44.7 Å². The second-order valence-corrected chi connectivity index (χ2v) is 6.69. The van der Waals surface area contributed by atoms with Crippen LogP contribution in [-0.4, -0.2) is 35.8 Å². The molecule has 138 valence electrons. The summed E-state index contributed by atoms with van der Waals surface area (Å²) >= 11 is 0. The number of hydrogen-bond donors (Lipinski definition) is 2. The molecular weight excluding hydrogens is 328 g/mol. The molecule has 0 spiro atoms. The summed E-state index contributed by atoms with van der Waals surface area (Å²) in [5, 5.41) is 2.49. The predicted molar refractivity (Wildman–Crippen MR) is 90.5 cm³/mol. The SMILES string of the molecule is CC(=O)NC(CC(=O)N1CCCC(C(C)N)C1)c1c(F)cccc1F. The molecule has 2 amide bonds. The standard InChI is InChI=1S/C18H25F2N3O2/c1-11(21)13-5-4-8-23(10-13)17(25)9-16(22-12(2)24)18-14(19)6-3-7-15(18)20/h3,6-7,11,13,16H,4-5,8-10,21H2,1-2H3,(H,22,24). The molecular formula is C18H25F2N3O2. The Hall–Kier alpha value is -2.02. The summed E-state index contributed by atoms with van der Waals surface area (Å²) in [7, 11) is 0. The van der Waals surface area contributed by atoms with E-state index in [2.05, 4.69) is 5.32 Å². The fourth-order valence-electron chi connectivity index (χ4n) is 3.28. The van der Waals surface area contributed by atoms with E-state index < -0.39 is 23.6 Å². The van der Waals surface area contributed by atoms with E-state index in [1.807, 2.05) is 6.92 Å².